The van der Waals surface area contributed by atoms with Crippen molar-refractivity contribution in [1.82, 2.24) is 0 Å². The van der Waals surface area contributed by atoms with Crippen molar-refractivity contribution < 1.29 is 29.3 Å². The van der Waals surface area contributed by atoms with Crippen molar-refractivity contribution in [2.75, 3.05) is 6.61 Å². The van der Waals surface area contributed by atoms with Gasteiger partial charge in [-0.3, -0.25) is 9.59 Å². The smallest absolute Gasteiger partial charge is 0.302 e. The van der Waals surface area contributed by atoms with Crippen molar-refractivity contribution in [3.8, 4) is 0 Å². The standard InChI is InChI=1S/C25H40O6/c1-15(31-17(3)27)20-9-12-25(29)22-6-5-18-13-19(28)7-11-24(18,14-30-16(2)26)21(22)8-10-23(20,25)4/h15,18-22,28-29H,5-14H2,1-4H3/t15?,18?,19?,20-,21+,22-,23-,24-,25-/m1/s1. The summed E-state index contributed by atoms with van der Waals surface area (Å²) in [5.41, 5.74) is -1.23. The van der Waals surface area contributed by atoms with Gasteiger partial charge in [0, 0.05) is 30.6 Å². The minimum Gasteiger partial charge on any atom is -0.465 e. The SMILES string of the molecule is CC(=O)OC[C@]12CCC(O)CC1CC[C@@H]1[C@@H]2CC[C@]2(C)[C@@H](C(C)OC(C)=O)CC[C@@]12O. The maximum absolute atomic E-state index is 12.3. The average Bonchev–Trinajstić information content (AvgIpc) is 2.97. The number of hydrogen-bond acceptors (Lipinski definition) is 6. The van der Waals surface area contributed by atoms with Crippen LogP contribution in [-0.2, 0) is 19.1 Å². The van der Waals surface area contributed by atoms with Gasteiger partial charge in [0.1, 0.15) is 6.10 Å². The van der Waals surface area contributed by atoms with E-state index in [-0.39, 0.29) is 46.8 Å². The Morgan fingerprint density at radius 3 is 2.42 bits per heavy atom. The predicted molar refractivity (Wildman–Crippen MR) is 115 cm³/mol. The number of rotatable bonds is 4. The first kappa shape index (κ1) is 23.0. The maximum Gasteiger partial charge on any atom is 0.302 e. The number of carbonyl (C=O) groups excluding carboxylic acids is 2. The third kappa shape index (κ3) is 3.52. The molecule has 31 heavy (non-hydrogen) atoms. The Kier molecular flexibility index (Phi) is 5.96. The lowest BCUT2D eigenvalue weighted by Gasteiger charge is -2.64. The van der Waals surface area contributed by atoms with Crippen LogP contribution < -0.4 is 0 Å². The summed E-state index contributed by atoms with van der Waals surface area (Å²) in [6.07, 6.45) is 7.27. The molecule has 0 radical (unpaired) electrons. The van der Waals surface area contributed by atoms with Gasteiger partial charge in [-0.05, 0) is 82.5 Å². The summed E-state index contributed by atoms with van der Waals surface area (Å²) in [7, 11) is 0. The van der Waals surface area contributed by atoms with E-state index in [1.165, 1.54) is 13.8 Å². The van der Waals surface area contributed by atoms with Crippen LogP contribution in [-0.4, -0.2) is 46.6 Å². The number of esters is 2. The molecule has 2 N–H and O–H groups in total. The van der Waals surface area contributed by atoms with Crippen molar-refractivity contribution in [2.24, 2.45) is 34.5 Å². The van der Waals surface area contributed by atoms with Crippen LogP contribution in [0.3, 0.4) is 0 Å². The molecule has 0 aliphatic heterocycles. The van der Waals surface area contributed by atoms with E-state index in [2.05, 4.69) is 6.92 Å². The number of aliphatic hydroxyl groups excluding tert-OH is 1. The molecule has 0 bridgehead atoms. The molecule has 4 aliphatic carbocycles. The summed E-state index contributed by atoms with van der Waals surface area (Å²) in [6, 6.07) is 0. The van der Waals surface area contributed by atoms with Gasteiger partial charge in [-0.15, -0.1) is 0 Å². The zero-order chi connectivity index (χ0) is 22.6. The summed E-state index contributed by atoms with van der Waals surface area (Å²) in [4.78, 5) is 23.3. The first-order valence-corrected chi connectivity index (χ1v) is 12.2. The highest BCUT2D eigenvalue weighted by atomic mass is 16.5. The minimum atomic E-state index is -0.792. The Morgan fingerprint density at radius 2 is 1.74 bits per heavy atom. The quantitative estimate of drug-likeness (QED) is 0.654. The Hall–Kier alpha value is -1.14. The molecule has 0 aromatic rings. The third-order valence-corrected chi connectivity index (χ3v) is 10.1. The topological polar surface area (TPSA) is 93.1 Å². The number of carbonyl (C=O) groups is 2. The zero-order valence-electron chi connectivity index (χ0n) is 19.6. The molecule has 176 valence electrons. The molecule has 4 rings (SSSR count). The molecule has 0 heterocycles. The van der Waals surface area contributed by atoms with Gasteiger partial charge in [0.15, 0.2) is 0 Å². The molecule has 0 spiro atoms. The highest BCUT2D eigenvalue weighted by Gasteiger charge is 2.69. The van der Waals surface area contributed by atoms with Crippen LogP contribution in [0, 0.1) is 34.5 Å². The van der Waals surface area contributed by atoms with E-state index in [1.807, 2.05) is 6.92 Å². The maximum atomic E-state index is 12.3. The van der Waals surface area contributed by atoms with E-state index in [4.69, 9.17) is 9.47 Å². The molecular formula is C25H40O6. The van der Waals surface area contributed by atoms with Gasteiger partial charge >= 0.3 is 11.9 Å². The van der Waals surface area contributed by atoms with Crippen molar-refractivity contribution in [2.45, 2.75) is 103 Å². The van der Waals surface area contributed by atoms with Crippen LogP contribution in [0.15, 0.2) is 0 Å². The molecule has 3 unspecified atom stereocenters. The monoisotopic (exact) mass is 436 g/mol. The lowest BCUT2D eigenvalue weighted by Crippen LogP contribution is -2.64. The molecule has 4 fully saturated rings. The number of hydrogen-bond donors (Lipinski definition) is 2. The van der Waals surface area contributed by atoms with Crippen LogP contribution in [0.5, 0.6) is 0 Å². The Labute approximate surface area is 186 Å². The molecule has 6 nitrogen and oxygen atoms in total. The largest absolute Gasteiger partial charge is 0.465 e. The second-order valence-corrected chi connectivity index (χ2v) is 11.3. The molecule has 9 atom stereocenters. The molecule has 6 heteroatoms. The number of fused-ring (bicyclic) bond motifs is 5. The predicted octanol–water partition coefficient (Wildman–Crippen LogP) is 3.62. The zero-order valence-corrected chi connectivity index (χ0v) is 19.6. The molecule has 0 aromatic carbocycles. The summed E-state index contributed by atoms with van der Waals surface area (Å²) in [5, 5.41) is 22.6. The fourth-order valence-corrected chi connectivity index (χ4v) is 8.65. The van der Waals surface area contributed by atoms with E-state index in [1.54, 1.807) is 0 Å². The van der Waals surface area contributed by atoms with Crippen LogP contribution in [0.25, 0.3) is 0 Å². The number of aliphatic hydroxyl groups is 2. The summed E-state index contributed by atoms with van der Waals surface area (Å²) in [5.74, 6) is 0.417. The van der Waals surface area contributed by atoms with Gasteiger partial charge in [0.2, 0.25) is 0 Å². The minimum absolute atomic E-state index is 0.148. The first-order valence-electron chi connectivity index (χ1n) is 12.2. The normalized spacial score (nSPS) is 47.5. The van der Waals surface area contributed by atoms with E-state index >= 15 is 0 Å². The average molecular weight is 437 g/mol. The molecule has 4 aliphatic rings. The molecular weight excluding hydrogens is 396 g/mol. The van der Waals surface area contributed by atoms with E-state index < -0.39 is 5.60 Å². The van der Waals surface area contributed by atoms with Gasteiger partial charge in [0.05, 0.1) is 18.3 Å². The van der Waals surface area contributed by atoms with Crippen molar-refractivity contribution in [3.05, 3.63) is 0 Å². The van der Waals surface area contributed by atoms with Crippen molar-refractivity contribution in [1.29, 1.82) is 0 Å². The lowest BCUT2D eigenvalue weighted by molar-refractivity contribution is -0.229. The third-order valence-electron chi connectivity index (χ3n) is 10.1. The summed E-state index contributed by atoms with van der Waals surface area (Å²) >= 11 is 0. The van der Waals surface area contributed by atoms with Crippen molar-refractivity contribution >= 4 is 11.9 Å². The second kappa shape index (κ2) is 8.02. The van der Waals surface area contributed by atoms with Gasteiger partial charge in [-0.1, -0.05) is 6.92 Å². The molecule has 0 aromatic heterocycles. The van der Waals surface area contributed by atoms with Gasteiger partial charge in [-0.25, -0.2) is 0 Å². The van der Waals surface area contributed by atoms with Gasteiger partial charge in [-0.2, -0.15) is 0 Å². The van der Waals surface area contributed by atoms with Crippen LogP contribution >= 0.6 is 0 Å². The van der Waals surface area contributed by atoms with E-state index in [0.717, 1.165) is 57.8 Å². The van der Waals surface area contributed by atoms with Crippen molar-refractivity contribution in [3.63, 3.8) is 0 Å². The summed E-state index contributed by atoms with van der Waals surface area (Å²) < 4.78 is 11.2. The summed E-state index contributed by atoms with van der Waals surface area (Å²) in [6.45, 7) is 7.50. The Balaban J connectivity index is 1.65. The van der Waals surface area contributed by atoms with Gasteiger partial charge < -0.3 is 19.7 Å². The van der Waals surface area contributed by atoms with Crippen LogP contribution in [0.1, 0.15) is 85.5 Å². The van der Waals surface area contributed by atoms with Crippen LogP contribution in [0.2, 0.25) is 0 Å². The second-order valence-electron chi connectivity index (χ2n) is 11.3. The highest BCUT2D eigenvalue weighted by Crippen LogP contribution is 2.69. The van der Waals surface area contributed by atoms with E-state index in [0.29, 0.717) is 18.4 Å². The number of ether oxygens (including phenoxy) is 2. The Bertz CT molecular complexity index is 723. The lowest BCUT2D eigenvalue weighted by atomic mass is 9.43. The van der Waals surface area contributed by atoms with E-state index in [9.17, 15) is 19.8 Å². The molecule has 4 saturated carbocycles. The molecule has 0 amide bonds. The Morgan fingerprint density at radius 1 is 1.00 bits per heavy atom. The highest BCUT2D eigenvalue weighted by molar-refractivity contribution is 5.66. The molecule has 0 saturated heterocycles. The fraction of sp³-hybridized carbons (Fsp3) is 0.920. The fourth-order valence-electron chi connectivity index (χ4n) is 8.65. The van der Waals surface area contributed by atoms with Gasteiger partial charge in [0.25, 0.3) is 0 Å². The first-order chi connectivity index (χ1) is 14.5. The van der Waals surface area contributed by atoms with Crippen LogP contribution in [0.4, 0.5) is 0 Å².